The van der Waals surface area contributed by atoms with Crippen molar-refractivity contribution >= 4 is 43.2 Å². The topological polar surface area (TPSA) is 71.3 Å². The van der Waals surface area contributed by atoms with Crippen molar-refractivity contribution in [3.63, 3.8) is 0 Å². The van der Waals surface area contributed by atoms with Gasteiger partial charge in [0.2, 0.25) is 5.91 Å². The second-order valence-corrected chi connectivity index (χ2v) is 8.87. The predicted molar refractivity (Wildman–Crippen MR) is 124 cm³/mol. The molecule has 4 aromatic rings. The number of carbonyl (C=O) groups excluding carboxylic acids is 1. The Bertz CT molecular complexity index is 1320. The van der Waals surface area contributed by atoms with E-state index in [2.05, 4.69) is 15.0 Å². The molecule has 1 atom stereocenters. The first-order valence-electron chi connectivity index (χ1n) is 10.4. The van der Waals surface area contributed by atoms with Gasteiger partial charge in [-0.25, -0.2) is 9.67 Å². The molecule has 158 valence electrons. The molecule has 7 nitrogen and oxygen atoms in total. The van der Waals surface area contributed by atoms with Crippen molar-refractivity contribution < 1.29 is 4.79 Å². The lowest BCUT2D eigenvalue weighted by molar-refractivity contribution is -0.135. The zero-order chi connectivity index (χ0) is 21.5. The number of nitrogens with zero attached hydrogens (tertiary/aromatic N) is 5. The first-order chi connectivity index (χ1) is 15.0. The average Bonchev–Trinajstić information content (AvgIpc) is 3.22. The standard InChI is InChI=1S/C23H23N5O2S/c1-15-21-20(17-7-3-4-8-18(17)31-21)23(30)28(25-15)16(2)22(29)27-13-11-26(12-14-27)19-9-5-6-10-24-19/h3-10,16H,11-14H2,1-2H3. The summed E-state index contributed by atoms with van der Waals surface area (Å²) in [6.07, 6.45) is 1.78. The Morgan fingerprint density at radius 1 is 1.06 bits per heavy atom. The maximum Gasteiger partial charge on any atom is 0.276 e. The zero-order valence-corrected chi connectivity index (χ0v) is 18.3. The molecule has 0 N–H and O–H groups in total. The fourth-order valence-electron chi connectivity index (χ4n) is 4.21. The molecule has 1 aliphatic heterocycles. The Balaban J connectivity index is 1.42. The highest BCUT2D eigenvalue weighted by molar-refractivity contribution is 7.26. The van der Waals surface area contributed by atoms with Gasteiger partial charge < -0.3 is 9.80 Å². The number of amides is 1. The molecule has 8 heteroatoms. The van der Waals surface area contributed by atoms with Gasteiger partial charge >= 0.3 is 0 Å². The third kappa shape index (κ3) is 3.37. The van der Waals surface area contributed by atoms with Gasteiger partial charge in [0.05, 0.1) is 15.8 Å². The Morgan fingerprint density at radius 2 is 1.81 bits per heavy atom. The summed E-state index contributed by atoms with van der Waals surface area (Å²) in [6.45, 7) is 6.28. The van der Waals surface area contributed by atoms with Gasteiger partial charge in [-0.3, -0.25) is 9.59 Å². The van der Waals surface area contributed by atoms with Crippen molar-refractivity contribution in [1.29, 1.82) is 0 Å². The van der Waals surface area contributed by atoms with E-state index in [0.717, 1.165) is 26.3 Å². The zero-order valence-electron chi connectivity index (χ0n) is 17.5. The molecule has 31 heavy (non-hydrogen) atoms. The SMILES string of the molecule is Cc1nn(C(C)C(=O)N2CCN(c3ccccn3)CC2)c(=O)c2c1sc1ccccc12. The monoisotopic (exact) mass is 433 g/mol. The Morgan fingerprint density at radius 3 is 2.55 bits per heavy atom. The highest BCUT2D eigenvalue weighted by Gasteiger charge is 2.28. The van der Waals surface area contributed by atoms with Crippen molar-refractivity contribution in [3.05, 3.63) is 64.7 Å². The smallest absolute Gasteiger partial charge is 0.276 e. The van der Waals surface area contributed by atoms with Crippen molar-refractivity contribution in [2.24, 2.45) is 0 Å². The maximum atomic E-state index is 13.3. The van der Waals surface area contributed by atoms with Gasteiger partial charge in [0, 0.05) is 42.5 Å². The number of anilines is 1. The van der Waals surface area contributed by atoms with Gasteiger partial charge in [-0.1, -0.05) is 24.3 Å². The number of carbonyl (C=O) groups is 1. The molecule has 1 amide bonds. The average molecular weight is 434 g/mol. The minimum absolute atomic E-state index is 0.0754. The van der Waals surface area contributed by atoms with E-state index >= 15 is 0 Å². The maximum absolute atomic E-state index is 13.3. The van der Waals surface area contributed by atoms with E-state index < -0.39 is 6.04 Å². The summed E-state index contributed by atoms with van der Waals surface area (Å²) in [5, 5.41) is 6.11. The number of hydrogen-bond acceptors (Lipinski definition) is 6. The molecule has 3 aromatic heterocycles. The minimum atomic E-state index is -0.657. The van der Waals surface area contributed by atoms with Gasteiger partial charge in [-0.2, -0.15) is 5.10 Å². The van der Waals surface area contributed by atoms with Gasteiger partial charge in [-0.05, 0) is 32.0 Å². The number of benzene rings is 1. The van der Waals surface area contributed by atoms with Crippen LogP contribution < -0.4 is 10.5 Å². The quantitative estimate of drug-likeness (QED) is 0.496. The third-order valence-corrected chi connectivity index (χ3v) is 7.17. The van der Waals surface area contributed by atoms with Crippen LogP contribution in [0.2, 0.25) is 0 Å². The van der Waals surface area contributed by atoms with Crippen LogP contribution in [0.1, 0.15) is 18.7 Å². The molecule has 0 radical (unpaired) electrons. The Kier molecular flexibility index (Phi) is 4.94. The summed E-state index contributed by atoms with van der Waals surface area (Å²) in [4.78, 5) is 35.0. The summed E-state index contributed by atoms with van der Waals surface area (Å²) in [5.41, 5.74) is 0.571. The van der Waals surface area contributed by atoms with E-state index in [9.17, 15) is 9.59 Å². The molecule has 0 spiro atoms. The van der Waals surface area contributed by atoms with Gasteiger partial charge in [0.25, 0.3) is 5.56 Å². The van der Waals surface area contributed by atoms with Gasteiger partial charge in [0.15, 0.2) is 0 Å². The highest BCUT2D eigenvalue weighted by atomic mass is 32.1. The van der Waals surface area contributed by atoms with Crippen molar-refractivity contribution in [2.75, 3.05) is 31.1 Å². The van der Waals surface area contributed by atoms with Crippen molar-refractivity contribution in [3.8, 4) is 0 Å². The van der Waals surface area contributed by atoms with E-state index in [-0.39, 0.29) is 11.5 Å². The van der Waals surface area contributed by atoms with Crippen LogP contribution in [-0.2, 0) is 4.79 Å². The Labute approximate surface area is 183 Å². The fourth-order valence-corrected chi connectivity index (χ4v) is 5.34. The number of aryl methyl sites for hydroxylation is 1. The largest absolute Gasteiger partial charge is 0.353 e. The number of aromatic nitrogens is 3. The second kappa shape index (κ2) is 7.77. The van der Waals surface area contributed by atoms with Crippen molar-refractivity contribution in [1.82, 2.24) is 19.7 Å². The summed E-state index contributed by atoms with van der Waals surface area (Å²) in [6, 6.07) is 13.1. The molecule has 0 aliphatic carbocycles. The molecule has 1 aromatic carbocycles. The summed E-state index contributed by atoms with van der Waals surface area (Å²) >= 11 is 1.57. The number of pyridine rings is 1. The lowest BCUT2D eigenvalue weighted by Gasteiger charge is -2.36. The van der Waals surface area contributed by atoms with Crippen LogP contribution in [-0.4, -0.2) is 51.8 Å². The van der Waals surface area contributed by atoms with Crippen LogP contribution in [0.5, 0.6) is 0 Å². The number of hydrogen-bond donors (Lipinski definition) is 0. The molecule has 1 saturated heterocycles. The van der Waals surface area contributed by atoms with E-state index in [1.807, 2.05) is 54.3 Å². The number of rotatable bonds is 3. The summed E-state index contributed by atoms with van der Waals surface area (Å²) in [7, 11) is 0. The number of thiophene rings is 1. The van der Waals surface area contributed by atoms with Crippen LogP contribution in [0.25, 0.3) is 20.2 Å². The third-order valence-electron chi connectivity index (χ3n) is 5.89. The molecule has 0 saturated carbocycles. The molecular formula is C23H23N5O2S. The molecule has 0 bridgehead atoms. The lowest BCUT2D eigenvalue weighted by Crippen LogP contribution is -2.51. The first-order valence-corrected chi connectivity index (χ1v) is 11.2. The van der Waals surface area contributed by atoms with Gasteiger partial charge in [0.1, 0.15) is 11.9 Å². The number of fused-ring (bicyclic) bond motifs is 3. The normalized spacial score (nSPS) is 15.5. The van der Waals surface area contributed by atoms with E-state index in [1.165, 1.54) is 4.68 Å². The molecule has 1 aliphatic rings. The minimum Gasteiger partial charge on any atom is -0.353 e. The number of piperazine rings is 1. The van der Waals surface area contributed by atoms with Crippen LogP contribution in [0.15, 0.2) is 53.5 Å². The highest BCUT2D eigenvalue weighted by Crippen LogP contribution is 2.33. The predicted octanol–water partition coefficient (Wildman–Crippen LogP) is 3.22. The molecule has 4 heterocycles. The van der Waals surface area contributed by atoms with Crippen LogP contribution in [0, 0.1) is 6.92 Å². The summed E-state index contributed by atoms with van der Waals surface area (Å²) < 4.78 is 3.32. The molecule has 1 fully saturated rings. The lowest BCUT2D eigenvalue weighted by atomic mass is 10.2. The summed E-state index contributed by atoms with van der Waals surface area (Å²) in [5.74, 6) is 0.847. The van der Waals surface area contributed by atoms with Crippen LogP contribution in [0.4, 0.5) is 5.82 Å². The van der Waals surface area contributed by atoms with Crippen molar-refractivity contribution in [2.45, 2.75) is 19.9 Å². The molecule has 1 unspecified atom stereocenters. The van der Waals surface area contributed by atoms with E-state index in [4.69, 9.17) is 0 Å². The second-order valence-electron chi connectivity index (χ2n) is 7.81. The molecular weight excluding hydrogens is 410 g/mol. The van der Waals surface area contributed by atoms with Crippen LogP contribution in [0.3, 0.4) is 0 Å². The molecule has 5 rings (SSSR count). The fraction of sp³-hybridized carbons (Fsp3) is 0.304. The van der Waals surface area contributed by atoms with E-state index in [1.54, 1.807) is 24.5 Å². The Hall–Kier alpha value is -3.26. The van der Waals surface area contributed by atoms with Crippen LogP contribution >= 0.6 is 11.3 Å². The van der Waals surface area contributed by atoms with E-state index in [0.29, 0.717) is 31.6 Å². The van der Waals surface area contributed by atoms with Gasteiger partial charge in [-0.15, -0.1) is 11.3 Å². The first kappa shape index (κ1) is 19.7.